The summed E-state index contributed by atoms with van der Waals surface area (Å²) in [7, 11) is 0. The lowest BCUT2D eigenvalue weighted by Crippen LogP contribution is -2.33. The maximum atomic E-state index is 3.52. The predicted octanol–water partition coefficient (Wildman–Crippen LogP) is 8.04. The van der Waals surface area contributed by atoms with Crippen LogP contribution < -0.4 is 18.3 Å². The number of benzene rings is 3. The van der Waals surface area contributed by atoms with Gasteiger partial charge in [0.2, 0.25) is 11.4 Å². The number of pyridine rings is 4. The van der Waals surface area contributed by atoms with Crippen molar-refractivity contribution in [2.45, 2.75) is 23.7 Å². The minimum absolute atomic E-state index is 0.859. The summed E-state index contributed by atoms with van der Waals surface area (Å²) in [5.41, 5.74) is 12.2. The highest BCUT2D eigenvalue weighted by Crippen LogP contribution is 2.18. The van der Waals surface area contributed by atoms with Gasteiger partial charge in [-0.15, -0.1) is 0 Å². The quantitative estimate of drug-likeness (QED) is 0.0993. The van der Waals surface area contributed by atoms with Crippen molar-refractivity contribution in [3.05, 3.63) is 193 Å². The van der Waals surface area contributed by atoms with Crippen LogP contribution in [0.4, 0.5) is 0 Å². The lowest BCUT2D eigenvalue weighted by atomic mass is 10.1. The van der Waals surface area contributed by atoms with Crippen molar-refractivity contribution in [3.63, 3.8) is 0 Å². The number of alkyl halides is 2. The van der Waals surface area contributed by atoms with E-state index in [0.29, 0.717) is 0 Å². The zero-order chi connectivity index (χ0) is 32.7. The molecule has 234 valence electrons. The molecule has 4 nitrogen and oxygen atoms in total. The lowest BCUT2D eigenvalue weighted by Gasteiger charge is -2.03. The average Bonchev–Trinajstić information content (AvgIpc) is 3.16. The van der Waals surface area contributed by atoms with Crippen LogP contribution in [0.3, 0.4) is 0 Å². The van der Waals surface area contributed by atoms with E-state index in [1.165, 1.54) is 44.5 Å². The Labute approximate surface area is 299 Å². The summed E-state index contributed by atoms with van der Waals surface area (Å²) in [4.78, 5) is 0. The molecule has 0 atom stereocenters. The number of hydrogen-bond acceptors (Lipinski definition) is 0. The molecule has 7 aromatic rings. The molecule has 48 heavy (non-hydrogen) atoms. The molecule has 0 unspecified atom stereocenters. The molecule has 0 radical (unpaired) electrons. The first kappa shape index (κ1) is 31.8. The second-order valence-electron chi connectivity index (χ2n) is 11.9. The van der Waals surface area contributed by atoms with Gasteiger partial charge in [0.05, 0.1) is 0 Å². The van der Waals surface area contributed by atoms with Crippen LogP contribution in [-0.4, -0.2) is 0 Å². The number of halogens is 2. The standard InChI is InChI=1S/C42H36Br2N4/c43-29-33-1-5-35(6-2-33)31-45-21-13-37(14-22-45)39-17-25-47(26-18-39)41-9-11-42(12-10-41)48-27-19-40(20-28-48)38-15-23-46(24-16-38)32-36-7-3-34(30-44)4-8-36/h1-28H,29-32H2/q+4. The molecule has 0 amide bonds. The molecule has 4 aromatic heterocycles. The third-order valence-electron chi connectivity index (χ3n) is 8.64. The van der Waals surface area contributed by atoms with E-state index in [0.717, 1.165) is 35.1 Å². The van der Waals surface area contributed by atoms with E-state index < -0.39 is 0 Å². The van der Waals surface area contributed by atoms with Gasteiger partial charge in [0.1, 0.15) is 0 Å². The molecule has 6 heteroatoms. The van der Waals surface area contributed by atoms with Gasteiger partial charge in [0, 0.05) is 94.6 Å². The molecule has 4 heterocycles. The third-order valence-corrected chi connectivity index (χ3v) is 9.93. The van der Waals surface area contributed by atoms with Gasteiger partial charge in [-0.25, -0.2) is 9.13 Å². The Balaban J connectivity index is 0.966. The molecule has 0 bridgehead atoms. The summed E-state index contributed by atoms with van der Waals surface area (Å²) in [5.74, 6) is 0. The topological polar surface area (TPSA) is 15.5 Å². The normalized spacial score (nSPS) is 11.0. The maximum Gasteiger partial charge on any atom is 0.211 e. The van der Waals surface area contributed by atoms with Crippen LogP contribution in [-0.2, 0) is 23.7 Å². The van der Waals surface area contributed by atoms with Gasteiger partial charge in [-0.05, 0) is 33.4 Å². The van der Waals surface area contributed by atoms with E-state index in [-0.39, 0.29) is 0 Å². The summed E-state index contributed by atoms with van der Waals surface area (Å²) >= 11 is 7.03. The Bertz CT molecular complexity index is 1920. The van der Waals surface area contributed by atoms with Crippen LogP contribution in [0.1, 0.15) is 22.3 Å². The van der Waals surface area contributed by atoms with E-state index in [2.05, 4.69) is 221 Å². The van der Waals surface area contributed by atoms with E-state index in [4.69, 9.17) is 0 Å². The van der Waals surface area contributed by atoms with Crippen LogP contribution in [0.5, 0.6) is 0 Å². The van der Waals surface area contributed by atoms with Crippen LogP contribution in [0.15, 0.2) is 171 Å². The largest absolute Gasteiger partial charge is 0.211 e. The van der Waals surface area contributed by atoms with Crippen LogP contribution in [0.25, 0.3) is 33.6 Å². The van der Waals surface area contributed by atoms with Gasteiger partial charge >= 0.3 is 0 Å². The number of rotatable bonds is 10. The predicted molar refractivity (Wildman–Crippen MR) is 197 cm³/mol. The molecule has 7 rings (SSSR count). The second-order valence-corrected chi connectivity index (χ2v) is 13.0. The first-order valence-corrected chi connectivity index (χ1v) is 18.3. The zero-order valence-corrected chi connectivity index (χ0v) is 29.7. The summed E-state index contributed by atoms with van der Waals surface area (Å²) in [5, 5.41) is 1.77. The van der Waals surface area contributed by atoms with Crippen molar-refractivity contribution >= 4 is 31.9 Å². The first-order valence-electron chi connectivity index (χ1n) is 16.0. The monoisotopic (exact) mass is 754 g/mol. The Morgan fingerprint density at radius 1 is 0.312 bits per heavy atom. The van der Waals surface area contributed by atoms with Crippen molar-refractivity contribution in [1.29, 1.82) is 0 Å². The van der Waals surface area contributed by atoms with Gasteiger partial charge in [0.25, 0.3) is 0 Å². The van der Waals surface area contributed by atoms with Crippen LogP contribution >= 0.6 is 31.9 Å². The highest BCUT2D eigenvalue weighted by atomic mass is 79.9. The van der Waals surface area contributed by atoms with Gasteiger partial charge in [-0.1, -0.05) is 80.4 Å². The molecular weight excluding hydrogens is 720 g/mol. The second kappa shape index (κ2) is 15.0. The maximum absolute atomic E-state index is 3.52. The average molecular weight is 757 g/mol. The smallest absolute Gasteiger partial charge is 0.201 e. The van der Waals surface area contributed by atoms with Gasteiger partial charge in [-0.2, -0.15) is 9.13 Å². The van der Waals surface area contributed by atoms with Gasteiger partial charge in [0.15, 0.2) is 62.7 Å². The van der Waals surface area contributed by atoms with E-state index >= 15 is 0 Å². The summed E-state index contributed by atoms with van der Waals surface area (Å²) < 4.78 is 8.74. The van der Waals surface area contributed by atoms with E-state index in [1.54, 1.807) is 0 Å². The van der Waals surface area contributed by atoms with Gasteiger partial charge < -0.3 is 0 Å². The summed E-state index contributed by atoms with van der Waals surface area (Å²) in [6, 6.07) is 43.6. The highest BCUT2D eigenvalue weighted by Gasteiger charge is 2.13. The Kier molecular flexibility index (Phi) is 9.92. The molecular formula is C42H36Br2N4+4. The molecule has 0 spiro atoms. The SMILES string of the molecule is BrCc1ccc(C[n+]2ccc(-c3cc[n+](-c4ccc(-[n+]5ccc(-c6cc[n+](Cc7ccc(CBr)cc7)cc6)cc5)cc4)cc3)cc2)cc1. The third kappa shape index (κ3) is 7.67. The molecule has 0 fully saturated rings. The fourth-order valence-corrected chi connectivity index (χ4v) is 6.53. The number of nitrogens with zero attached hydrogens (tertiary/aromatic N) is 4. The number of hydrogen-bond donors (Lipinski definition) is 0. The number of aromatic nitrogens is 4. The van der Waals surface area contributed by atoms with Crippen molar-refractivity contribution in [2.24, 2.45) is 0 Å². The highest BCUT2D eigenvalue weighted by molar-refractivity contribution is 9.08. The molecule has 0 saturated heterocycles. The Hall–Kier alpha value is -4.78. The Morgan fingerprint density at radius 2 is 0.583 bits per heavy atom. The van der Waals surface area contributed by atoms with Crippen molar-refractivity contribution < 1.29 is 18.3 Å². The fourth-order valence-electron chi connectivity index (χ4n) is 5.78. The van der Waals surface area contributed by atoms with Crippen LogP contribution in [0.2, 0.25) is 0 Å². The van der Waals surface area contributed by atoms with Crippen molar-refractivity contribution in [3.8, 4) is 33.6 Å². The molecule has 0 aliphatic rings. The zero-order valence-electron chi connectivity index (χ0n) is 26.5. The lowest BCUT2D eigenvalue weighted by molar-refractivity contribution is -0.688. The molecule has 3 aromatic carbocycles. The fraction of sp³-hybridized carbons (Fsp3) is 0.0952. The Morgan fingerprint density at radius 3 is 0.875 bits per heavy atom. The summed E-state index contributed by atoms with van der Waals surface area (Å²) in [6.45, 7) is 1.72. The molecule has 0 aliphatic carbocycles. The minimum atomic E-state index is 0.859. The van der Waals surface area contributed by atoms with Crippen molar-refractivity contribution in [2.75, 3.05) is 0 Å². The van der Waals surface area contributed by atoms with Crippen LogP contribution in [0, 0.1) is 0 Å². The van der Waals surface area contributed by atoms with E-state index in [1.807, 2.05) is 0 Å². The van der Waals surface area contributed by atoms with Crippen molar-refractivity contribution in [1.82, 2.24) is 0 Å². The first-order chi connectivity index (χ1) is 23.6. The molecule has 0 N–H and O–H groups in total. The van der Waals surface area contributed by atoms with E-state index in [9.17, 15) is 0 Å². The van der Waals surface area contributed by atoms with Gasteiger partial charge in [-0.3, -0.25) is 0 Å². The summed E-state index contributed by atoms with van der Waals surface area (Å²) in [6.07, 6.45) is 17.1. The molecule has 0 aliphatic heterocycles. The molecule has 0 saturated carbocycles. The minimum Gasteiger partial charge on any atom is -0.201 e.